The first-order valence-electron chi connectivity index (χ1n) is 18.6. The first-order chi connectivity index (χ1) is 27.0. The van der Waals surface area contributed by atoms with Crippen LogP contribution in [0.15, 0.2) is 164 Å². The molecule has 0 atom stereocenters. The predicted molar refractivity (Wildman–Crippen MR) is 221 cm³/mol. The first-order valence-corrected chi connectivity index (χ1v) is 18.6. The van der Waals surface area contributed by atoms with E-state index in [9.17, 15) is 0 Å². The van der Waals surface area contributed by atoms with Crippen LogP contribution >= 0.6 is 0 Å². The fraction of sp³-hybridized carbons (Fsp3) is 0.0600. The molecule has 5 nitrogen and oxygen atoms in total. The number of rotatable bonds is 4. The molecular weight excluding hydrogens is 675 g/mol. The summed E-state index contributed by atoms with van der Waals surface area (Å²) in [6, 6.07) is 56.7. The molecule has 0 bridgehead atoms. The highest BCUT2D eigenvalue weighted by atomic mass is 16.6. The van der Waals surface area contributed by atoms with Crippen molar-refractivity contribution in [2.45, 2.75) is 19.3 Å². The SMILES string of the molecule is CC1(C)c2ccccc2-c2cc3c(cc21)Oc1cc(-c2ccccc2-c2nc(-c4ccccc4)nc(-c4ccc5c(ccc6ccccc65)c4)n2)ccc1O3. The van der Waals surface area contributed by atoms with E-state index in [-0.39, 0.29) is 5.41 Å². The summed E-state index contributed by atoms with van der Waals surface area (Å²) in [6.07, 6.45) is 0. The number of aromatic nitrogens is 3. The van der Waals surface area contributed by atoms with Gasteiger partial charge in [0.15, 0.2) is 40.5 Å². The second kappa shape index (κ2) is 12.0. The third-order valence-electron chi connectivity index (χ3n) is 11.2. The molecule has 55 heavy (non-hydrogen) atoms. The van der Waals surface area contributed by atoms with Gasteiger partial charge in [0.2, 0.25) is 0 Å². The largest absolute Gasteiger partial charge is 0.449 e. The summed E-state index contributed by atoms with van der Waals surface area (Å²) in [5.74, 6) is 4.61. The Bertz CT molecular complexity index is 3020. The molecule has 2 heterocycles. The van der Waals surface area contributed by atoms with Crippen LogP contribution in [0.4, 0.5) is 0 Å². The van der Waals surface area contributed by atoms with Gasteiger partial charge in [-0.1, -0.05) is 147 Å². The number of fused-ring (bicyclic) bond motifs is 8. The van der Waals surface area contributed by atoms with Crippen molar-refractivity contribution in [3.05, 3.63) is 175 Å². The lowest BCUT2D eigenvalue weighted by atomic mass is 9.82. The van der Waals surface area contributed by atoms with Crippen LogP contribution in [-0.2, 0) is 5.41 Å². The highest BCUT2D eigenvalue weighted by Crippen LogP contribution is 2.55. The van der Waals surface area contributed by atoms with E-state index in [1.165, 1.54) is 38.4 Å². The molecule has 0 amide bonds. The van der Waals surface area contributed by atoms with E-state index in [1.807, 2.05) is 48.5 Å². The second-order valence-electron chi connectivity index (χ2n) is 14.8. The third kappa shape index (κ3) is 5.04. The highest BCUT2D eigenvalue weighted by Gasteiger charge is 2.37. The van der Waals surface area contributed by atoms with E-state index in [2.05, 4.69) is 129 Å². The molecular formula is C50H33N3O2. The van der Waals surface area contributed by atoms with Crippen molar-refractivity contribution in [3.8, 4) is 79.4 Å². The average molecular weight is 708 g/mol. The smallest absolute Gasteiger partial charge is 0.170 e. The van der Waals surface area contributed by atoms with E-state index in [1.54, 1.807) is 0 Å². The van der Waals surface area contributed by atoms with Gasteiger partial charge >= 0.3 is 0 Å². The number of benzene rings is 8. The molecule has 0 spiro atoms. The molecule has 0 N–H and O–H groups in total. The molecule has 1 aliphatic carbocycles. The minimum Gasteiger partial charge on any atom is -0.449 e. The monoisotopic (exact) mass is 707 g/mol. The molecule has 8 aromatic carbocycles. The molecule has 0 fully saturated rings. The summed E-state index contributed by atoms with van der Waals surface area (Å²) in [5, 5.41) is 4.78. The zero-order valence-corrected chi connectivity index (χ0v) is 30.2. The number of hydrogen-bond acceptors (Lipinski definition) is 5. The van der Waals surface area contributed by atoms with Crippen molar-refractivity contribution < 1.29 is 9.47 Å². The molecule has 11 rings (SSSR count). The van der Waals surface area contributed by atoms with E-state index in [4.69, 9.17) is 24.4 Å². The molecule has 2 aliphatic rings. The van der Waals surface area contributed by atoms with E-state index >= 15 is 0 Å². The Kier molecular flexibility index (Phi) is 6.83. The van der Waals surface area contributed by atoms with Crippen LogP contribution in [0.25, 0.3) is 78.0 Å². The summed E-state index contributed by atoms with van der Waals surface area (Å²) in [7, 11) is 0. The van der Waals surface area contributed by atoms with Crippen LogP contribution in [0.3, 0.4) is 0 Å². The maximum atomic E-state index is 6.65. The normalized spacial score (nSPS) is 13.3. The van der Waals surface area contributed by atoms with Gasteiger partial charge in [-0.25, -0.2) is 15.0 Å². The van der Waals surface area contributed by atoms with Crippen molar-refractivity contribution in [3.63, 3.8) is 0 Å². The van der Waals surface area contributed by atoms with Gasteiger partial charge in [-0.3, -0.25) is 0 Å². The molecule has 0 saturated heterocycles. The van der Waals surface area contributed by atoms with Gasteiger partial charge in [0.05, 0.1) is 0 Å². The molecule has 1 aromatic heterocycles. The first kappa shape index (κ1) is 31.4. The van der Waals surface area contributed by atoms with Gasteiger partial charge in [-0.15, -0.1) is 0 Å². The van der Waals surface area contributed by atoms with Gasteiger partial charge in [0.25, 0.3) is 0 Å². The van der Waals surface area contributed by atoms with E-state index < -0.39 is 0 Å². The Hall–Kier alpha value is -7.11. The lowest BCUT2D eigenvalue weighted by molar-refractivity contribution is 0.359. The number of ether oxygens (including phenoxy) is 2. The fourth-order valence-corrected chi connectivity index (χ4v) is 8.37. The number of hydrogen-bond donors (Lipinski definition) is 0. The Labute approximate surface area is 318 Å². The maximum Gasteiger partial charge on any atom is 0.170 e. The quantitative estimate of drug-likeness (QED) is 0.170. The molecule has 5 heteroatoms. The Morgan fingerprint density at radius 1 is 0.364 bits per heavy atom. The van der Waals surface area contributed by atoms with Crippen molar-refractivity contribution >= 4 is 21.5 Å². The van der Waals surface area contributed by atoms with Crippen LogP contribution < -0.4 is 9.47 Å². The minimum atomic E-state index is -0.144. The number of nitrogens with zero attached hydrogens (tertiary/aromatic N) is 3. The molecule has 0 radical (unpaired) electrons. The van der Waals surface area contributed by atoms with Gasteiger partial charge in [-0.05, 0) is 85.3 Å². The van der Waals surface area contributed by atoms with Gasteiger partial charge in [-0.2, -0.15) is 0 Å². The van der Waals surface area contributed by atoms with Crippen molar-refractivity contribution in [2.75, 3.05) is 0 Å². The van der Waals surface area contributed by atoms with Crippen molar-refractivity contribution in [1.29, 1.82) is 0 Å². The molecule has 0 unspecified atom stereocenters. The molecule has 260 valence electrons. The van der Waals surface area contributed by atoms with E-state index in [0.717, 1.165) is 44.7 Å². The Balaban J connectivity index is 1.00. The minimum absolute atomic E-state index is 0.144. The summed E-state index contributed by atoms with van der Waals surface area (Å²) < 4.78 is 13.2. The predicted octanol–water partition coefficient (Wildman–Crippen LogP) is 13.1. The lowest BCUT2D eigenvalue weighted by Crippen LogP contribution is -2.15. The van der Waals surface area contributed by atoms with Crippen LogP contribution in [0.2, 0.25) is 0 Å². The highest BCUT2D eigenvalue weighted by molar-refractivity contribution is 6.08. The Morgan fingerprint density at radius 2 is 0.982 bits per heavy atom. The summed E-state index contributed by atoms with van der Waals surface area (Å²) in [5.41, 5.74) is 9.54. The van der Waals surface area contributed by atoms with Crippen molar-refractivity contribution in [1.82, 2.24) is 15.0 Å². The molecule has 9 aromatic rings. The zero-order valence-electron chi connectivity index (χ0n) is 30.2. The molecule has 0 saturated carbocycles. The average Bonchev–Trinajstić information content (AvgIpc) is 3.46. The van der Waals surface area contributed by atoms with Gasteiger partial charge < -0.3 is 9.47 Å². The summed E-state index contributed by atoms with van der Waals surface area (Å²) in [6.45, 7) is 4.54. The van der Waals surface area contributed by atoms with Gasteiger partial charge in [0, 0.05) is 22.1 Å². The Morgan fingerprint density at radius 3 is 1.85 bits per heavy atom. The molecule has 1 aliphatic heterocycles. The second-order valence-corrected chi connectivity index (χ2v) is 14.8. The standard InChI is InChI=1S/C50H33N3O2/c1-50(2)41-19-11-10-17-38(41)40-28-45-46(29-42(40)50)55-44-27-33(23-25-43(44)54-45)36-16-8-9-18-39(36)49-52-47(31-13-4-3-5-14-31)51-48(53-49)34-22-24-37-32(26-34)21-20-30-12-6-7-15-35(30)37/h3-29H,1-2H3. The summed E-state index contributed by atoms with van der Waals surface area (Å²) >= 11 is 0. The zero-order chi connectivity index (χ0) is 36.7. The van der Waals surface area contributed by atoms with Crippen molar-refractivity contribution in [2.24, 2.45) is 0 Å². The van der Waals surface area contributed by atoms with Crippen LogP contribution in [-0.4, -0.2) is 15.0 Å². The van der Waals surface area contributed by atoms with Crippen LogP contribution in [0, 0.1) is 0 Å². The fourth-order valence-electron chi connectivity index (χ4n) is 8.37. The van der Waals surface area contributed by atoms with E-state index in [0.29, 0.717) is 29.0 Å². The van der Waals surface area contributed by atoms with Crippen LogP contribution in [0.5, 0.6) is 23.0 Å². The maximum absolute atomic E-state index is 6.65. The van der Waals surface area contributed by atoms with Gasteiger partial charge in [0.1, 0.15) is 0 Å². The van der Waals surface area contributed by atoms with Crippen LogP contribution in [0.1, 0.15) is 25.0 Å². The third-order valence-corrected chi connectivity index (χ3v) is 11.2. The lowest BCUT2D eigenvalue weighted by Gasteiger charge is -2.25. The topological polar surface area (TPSA) is 57.1 Å². The summed E-state index contributed by atoms with van der Waals surface area (Å²) in [4.78, 5) is 15.3.